The fraction of sp³-hybridized carbons (Fsp3) is 0.519. The lowest BCUT2D eigenvalue weighted by Gasteiger charge is -2.49. The number of aliphatic hydroxyl groups excluding tert-OH is 1. The van der Waals surface area contributed by atoms with Gasteiger partial charge in [-0.15, -0.1) is 0 Å². The molecule has 2 aromatic rings. The summed E-state index contributed by atoms with van der Waals surface area (Å²) in [6.45, 7) is 4.39. The van der Waals surface area contributed by atoms with Gasteiger partial charge in [0.05, 0.1) is 31.8 Å². The molecule has 2 aliphatic heterocycles. The number of carbonyl (C=O) groups is 1. The average molecular weight is 585 g/mol. The van der Waals surface area contributed by atoms with Crippen LogP contribution in [0.2, 0.25) is 0 Å². The van der Waals surface area contributed by atoms with E-state index in [0.29, 0.717) is 18.1 Å². The summed E-state index contributed by atoms with van der Waals surface area (Å²) >= 11 is 0. The van der Waals surface area contributed by atoms with Gasteiger partial charge < -0.3 is 48.9 Å². The van der Waals surface area contributed by atoms with Crippen molar-refractivity contribution < 1.29 is 58.3 Å². The normalized spacial score (nSPS) is 25.2. The number of benzene rings is 1. The van der Waals surface area contributed by atoms with E-state index in [2.05, 4.69) is 26.1 Å². The first kappa shape index (κ1) is 32.0. The number of esters is 1. The van der Waals surface area contributed by atoms with Gasteiger partial charge in [0.25, 0.3) is 0 Å². The predicted octanol–water partition coefficient (Wildman–Crippen LogP) is -2.82. The van der Waals surface area contributed by atoms with E-state index >= 15 is 0 Å². The second kappa shape index (κ2) is 14.7. The summed E-state index contributed by atoms with van der Waals surface area (Å²) in [5, 5.41) is 20.8. The number of carbonyl (C=O) groups excluding carboxylic acids is 1. The van der Waals surface area contributed by atoms with E-state index in [4.69, 9.17) is 9.94 Å². The van der Waals surface area contributed by atoms with Crippen LogP contribution in [0.15, 0.2) is 59.9 Å². The van der Waals surface area contributed by atoms with E-state index < -0.39 is 5.92 Å². The summed E-state index contributed by atoms with van der Waals surface area (Å²) in [5.41, 5.74) is 1.69. The van der Waals surface area contributed by atoms with Crippen LogP contribution in [-0.4, -0.2) is 64.9 Å². The third kappa shape index (κ3) is 7.28. The molecular formula is C27H39BrClN3O4. The minimum absolute atomic E-state index is 0. The lowest BCUT2D eigenvalue weighted by Crippen LogP contribution is -3.00. The van der Waals surface area contributed by atoms with Crippen molar-refractivity contribution in [3.05, 3.63) is 66.0 Å². The van der Waals surface area contributed by atoms with Gasteiger partial charge in [0.15, 0.2) is 6.20 Å². The fourth-order valence-electron chi connectivity index (χ4n) is 5.55. The average Bonchev–Trinajstić information content (AvgIpc) is 2.99. The number of ether oxygens (including phenoxy) is 1. The van der Waals surface area contributed by atoms with Crippen LogP contribution in [0.5, 0.6) is 0 Å². The fourth-order valence-corrected chi connectivity index (χ4v) is 5.55. The summed E-state index contributed by atoms with van der Waals surface area (Å²) < 4.78 is 8.83. The minimum Gasteiger partial charge on any atom is -1.00 e. The molecule has 2 aliphatic rings. The predicted molar refractivity (Wildman–Crippen MR) is 131 cm³/mol. The van der Waals surface area contributed by atoms with Crippen LogP contribution in [-0.2, 0) is 16.6 Å². The summed E-state index contributed by atoms with van der Waals surface area (Å²) in [4.78, 5) is 12.6. The van der Waals surface area contributed by atoms with Gasteiger partial charge in [-0.2, -0.15) is 0 Å². The molecule has 3 atom stereocenters. The monoisotopic (exact) mass is 583 g/mol. The zero-order valence-electron chi connectivity index (χ0n) is 21.5. The molecule has 2 fully saturated rings. The Kier molecular flexibility index (Phi) is 13.0. The summed E-state index contributed by atoms with van der Waals surface area (Å²) in [6, 6.07) is 16.9. The van der Waals surface area contributed by atoms with E-state index in [1.165, 1.54) is 19.1 Å². The van der Waals surface area contributed by atoms with Gasteiger partial charge in [0.2, 0.25) is 5.69 Å². The Morgan fingerprint density at radius 3 is 2.22 bits per heavy atom. The van der Waals surface area contributed by atoms with Crippen LogP contribution in [0, 0.1) is 0 Å². The Morgan fingerprint density at radius 1 is 1.14 bits per heavy atom. The van der Waals surface area contributed by atoms with E-state index in [-0.39, 0.29) is 48.1 Å². The van der Waals surface area contributed by atoms with Gasteiger partial charge in [0.1, 0.15) is 25.3 Å². The van der Waals surface area contributed by atoms with Gasteiger partial charge in [0, 0.05) is 37.8 Å². The Hall–Kier alpha value is -2.00. The number of nitrogens with zero attached hydrogens (tertiary/aromatic N) is 3. The molecular weight excluding hydrogens is 546 g/mol. The second-order valence-corrected chi connectivity index (χ2v) is 9.86. The number of oxime groups is 1. The molecule has 200 valence electrons. The number of hydrogen-bond acceptors (Lipinski definition) is 5. The number of hydrogen-bond donors (Lipinski definition) is 2. The first-order valence-corrected chi connectivity index (χ1v) is 12.1. The number of halogens is 2. The topological polar surface area (TPSA) is 83.0 Å². The minimum atomic E-state index is -0.572. The molecule has 3 heterocycles. The summed E-state index contributed by atoms with van der Waals surface area (Å²) in [7, 11) is 4.25. The van der Waals surface area contributed by atoms with Crippen molar-refractivity contribution in [2.45, 2.75) is 69.7 Å². The van der Waals surface area contributed by atoms with Gasteiger partial charge in [-0.05, 0) is 25.5 Å². The zero-order chi connectivity index (χ0) is 24.7. The molecule has 1 aromatic carbocycles. The molecule has 0 spiro atoms. The van der Waals surface area contributed by atoms with Crippen molar-refractivity contribution in [1.29, 1.82) is 0 Å². The van der Waals surface area contributed by atoms with E-state index in [1.807, 2.05) is 66.3 Å². The molecule has 0 aliphatic carbocycles. The zero-order valence-corrected chi connectivity index (χ0v) is 23.8. The van der Waals surface area contributed by atoms with Gasteiger partial charge in [-0.3, -0.25) is 4.79 Å². The third-order valence-corrected chi connectivity index (χ3v) is 7.83. The number of aromatic nitrogens is 1. The maximum Gasteiger partial charge on any atom is 0.316 e. The first-order chi connectivity index (χ1) is 16.3. The van der Waals surface area contributed by atoms with Gasteiger partial charge >= 0.3 is 5.97 Å². The quantitative estimate of drug-likeness (QED) is 0.0959. The molecule has 0 saturated carbocycles. The molecule has 2 saturated heterocycles. The van der Waals surface area contributed by atoms with Gasteiger partial charge in [-0.1, -0.05) is 35.5 Å². The van der Waals surface area contributed by atoms with Crippen molar-refractivity contribution in [3.8, 4) is 0 Å². The molecule has 2 N–H and O–H groups in total. The van der Waals surface area contributed by atoms with Crippen LogP contribution < -0.4 is 34.0 Å². The number of piperidine rings is 1. The number of quaternary nitrogens is 1. The van der Waals surface area contributed by atoms with Crippen LogP contribution in [0.25, 0.3) is 0 Å². The van der Waals surface area contributed by atoms with Gasteiger partial charge in [-0.25, -0.2) is 4.57 Å². The highest BCUT2D eigenvalue weighted by atomic mass is 79.9. The maximum atomic E-state index is 12.6. The molecule has 3 unspecified atom stereocenters. The van der Waals surface area contributed by atoms with Crippen molar-refractivity contribution in [2.75, 3.05) is 13.7 Å². The molecule has 4 rings (SSSR count). The van der Waals surface area contributed by atoms with Crippen LogP contribution in [0.4, 0.5) is 0 Å². The lowest BCUT2D eigenvalue weighted by atomic mass is 9.94. The molecule has 36 heavy (non-hydrogen) atoms. The SMILES string of the molecule is CC(C)[N+]1(C)C2CCC1CC(OC(=O)C(CO)c1ccccc1)C2.C[n+]1ccccc1/C=N/O.[Br-].[Cl-]. The number of fused-ring (bicyclic) bond motifs is 2. The summed E-state index contributed by atoms with van der Waals surface area (Å²) in [5.74, 6) is -0.856. The van der Waals surface area contributed by atoms with E-state index in [9.17, 15) is 9.90 Å². The highest BCUT2D eigenvalue weighted by Gasteiger charge is 2.53. The van der Waals surface area contributed by atoms with Crippen molar-refractivity contribution >= 4 is 12.2 Å². The maximum absolute atomic E-state index is 12.6. The molecule has 7 nitrogen and oxygen atoms in total. The highest BCUT2D eigenvalue weighted by Crippen LogP contribution is 2.44. The summed E-state index contributed by atoms with van der Waals surface area (Å²) in [6.07, 6.45) is 7.63. The van der Waals surface area contributed by atoms with Crippen molar-refractivity contribution in [2.24, 2.45) is 12.2 Å². The van der Waals surface area contributed by atoms with E-state index in [1.54, 1.807) is 0 Å². The first-order valence-electron chi connectivity index (χ1n) is 12.1. The van der Waals surface area contributed by atoms with Crippen LogP contribution >= 0.6 is 0 Å². The van der Waals surface area contributed by atoms with E-state index in [0.717, 1.165) is 28.6 Å². The van der Waals surface area contributed by atoms with Crippen molar-refractivity contribution in [3.63, 3.8) is 0 Å². The number of pyridine rings is 1. The standard InChI is InChI=1S/C20H30NO3.C7H8N2O.BrH.ClH/c1-14(2)21(3)16-9-10-17(21)12-18(11-16)24-20(23)19(13-22)15-7-5-4-6-8-15;1-9-5-3-2-4-7(9)6-8-10;;/h4-8,14,16-19,22H,9-13H2,1-3H3;2-6H,1H3;2*1H/q+1;;;/p-1. The lowest BCUT2D eigenvalue weighted by molar-refractivity contribution is -0.968. The second-order valence-electron chi connectivity index (χ2n) is 9.86. The Labute approximate surface area is 231 Å². The molecule has 1 aromatic heterocycles. The number of aryl methyl sites for hydroxylation is 1. The Balaban J connectivity index is 0.000000459. The molecule has 0 amide bonds. The van der Waals surface area contributed by atoms with Crippen molar-refractivity contribution in [1.82, 2.24) is 0 Å². The highest BCUT2D eigenvalue weighted by molar-refractivity contribution is 5.78. The van der Waals surface area contributed by atoms with Crippen LogP contribution in [0.3, 0.4) is 0 Å². The largest absolute Gasteiger partial charge is 1.00 e. The number of aliphatic hydroxyl groups is 1. The molecule has 2 bridgehead atoms. The Morgan fingerprint density at radius 2 is 1.72 bits per heavy atom. The van der Waals surface area contributed by atoms with Crippen LogP contribution in [0.1, 0.15) is 56.7 Å². The number of rotatable bonds is 6. The third-order valence-electron chi connectivity index (χ3n) is 7.83. The molecule has 9 heteroatoms. The Bertz CT molecular complexity index is 963. The smallest absolute Gasteiger partial charge is 0.316 e. The molecule has 0 radical (unpaired) electrons.